The third kappa shape index (κ3) is 3.67. The molecule has 128 valence electrons. The lowest BCUT2D eigenvalue weighted by atomic mass is 9.91. The number of hydrogen-bond donors (Lipinski definition) is 2. The average Bonchev–Trinajstić information content (AvgIpc) is 2.57. The molecular weight excluding hydrogens is 302 g/mol. The molecule has 5 nitrogen and oxygen atoms in total. The van der Waals surface area contributed by atoms with Gasteiger partial charge in [0.25, 0.3) is 0 Å². The quantitative estimate of drug-likeness (QED) is 0.895. The van der Waals surface area contributed by atoms with E-state index in [1.54, 1.807) is 11.1 Å². The Bertz CT molecular complexity index is 648. The highest BCUT2D eigenvalue weighted by atomic mass is 16.2. The molecule has 1 fully saturated rings. The summed E-state index contributed by atoms with van der Waals surface area (Å²) in [5, 5.41) is 3.12. The van der Waals surface area contributed by atoms with E-state index in [0.717, 1.165) is 36.8 Å². The van der Waals surface area contributed by atoms with E-state index in [1.807, 2.05) is 30.3 Å². The third-order valence-corrected chi connectivity index (χ3v) is 4.98. The lowest BCUT2D eigenvalue weighted by Gasteiger charge is -2.33. The molecule has 0 saturated heterocycles. The van der Waals surface area contributed by atoms with E-state index >= 15 is 0 Å². The highest BCUT2D eigenvalue weighted by molar-refractivity contribution is 5.82. The van der Waals surface area contributed by atoms with Gasteiger partial charge in [0.05, 0.1) is 12.5 Å². The number of nitrogens with one attached hydrogen (secondary N) is 1. The van der Waals surface area contributed by atoms with Crippen molar-refractivity contribution >= 4 is 17.9 Å². The minimum absolute atomic E-state index is 0.00294. The normalized spacial score (nSPS) is 25.9. The van der Waals surface area contributed by atoms with Gasteiger partial charge in [-0.3, -0.25) is 9.59 Å². The summed E-state index contributed by atoms with van der Waals surface area (Å²) >= 11 is 0. The molecule has 2 aliphatic rings. The van der Waals surface area contributed by atoms with Crippen molar-refractivity contribution in [3.63, 3.8) is 0 Å². The molecule has 1 atom stereocenters. The van der Waals surface area contributed by atoms with E-state index in [4.69, 9.17) is 5.73 Å². The van der Waals surface area contributed by atoms with Crippen LogP contribution in [-0.4, -0.2) is 28.8 Å². The molecule has 2 amide bonds. The molecule has 24 heavy (non-hydrogen) atoms. The molecule has 1 heterocycles. The number of rotatable bonds is 3. The lowest BCUT2D eigenvalue weighted by molar-refractivity contribution is -0.130. The van der Waals surface area contributed by atoms with Crippen molar-refractivity contribution < 1.29 is 9.59 Å². The van der Waals surface area contributed by atoms with Gasteiger partial charge < -0.3 is 16.0 Å². The van der Waals surface area contributed by atoms with Crippen LogP contribution >= 0.6 is 0 Å². The fraction of sp³-hybridized carbons (Fsp3) is 0.474. The van der Waals surface area contributed by atoms with Crippen LogP contribution in [0.1, 0.15) is 56.2 Å². The summed E-state index contributed by atoms with van der Waals surface area (Å²) in [4.78, 5) is 26.1. The standard InChI is InChI=1S/C19H25N3O2/c1-13(23)22-11-10-14-4-2-3-5-17(14)18(22)12-19(24)21-16-8-6-15(20)7-9-16/h2-5,10-11,15-16,18H,6-9,12,20H2,1H3,(H,21,24). The number of nitrogens with two attached hydrogens (primary N) is 1. The maximum absolute atomic E-state index is 12.5. The second kappa shape index (κ2) is 7.18. The second-order valence-corrected chi connectivity index (χ2v) is 6.77. The van der Waals surface area contributed by atoms with E-state index in [9.17, 15) is 9.59 Å². The Morgan fingerprint density at radius 1 is 1.21 bits per heavy atom. The third-order valence-electron chi connectivity index (χ3n) is 4.98. The van der Waals surface area contributed by atoms with Gasteiger partial charge in [-0.1, -0.05) is 24.3 Å². The summed E-state index contributed by atoms with van der Waals surface area (Å²) in [5.41, 5.74) is 8.01. The molecule has 1 aliphatic heterocycles. The first-order valence-corrected chi connectivity index (χ1v) is 8.65. The average molecular weight is 327 g/mol. The molecule has 1 aromatic carbocycles. The number of carbonyl (C=O) groups is 2. The van der Waals surface area contributed by atoms with E-state index in [-0.39, 0.29) is 36.4 Å². The Hall–Kier alpha value is -2.14. The Labute approximate surface area is 142 Å². The van der Waals surface area contributed by atoms with Gasteiger partial charge in [-0.2, -0.15) is 0 Å². The lowest BCUT2D eigenvalue weighted by Crippen LogP contribution is -2.42. The van der Waals surface area contributed by atoms with E-state index in [0.29, 0.717) is 0 Å². The predicted octanol–water partition coefficient (Wildman–Crippen LogP) is 2.34. The zero-order valence-electron chi connectivity index (χ0n) is 14.1. The summed E-state index contributed by atoms with van der Waals surface area (Å²) in [7, 11) is 0. The number of amides is 2. The fourth-order valence-corrected chi connectivity index (χ4v) is 3.64. The van der Waals surface area contributed by atoms with Gasteiger partial charge in [0.15, 0.2) is 0 Å². The first kappa shape index (κ1) is 16.7. The van der Waals surface area contributed by atoms with Crippen LogP contribution in [0.4, 0.5) is 0 Å². The Morgan fingerprint density at radius 3 is 2.62 bits per heavy atom. The van der Waals surface area contributed by atoms with Crippen LogP contribution in [0.3, 0.4) is 0 Å². The van der Waals surface area contributed by atoms with Crippen molar-refractivity contribution in [3.8, 4) is 0 Å². The summed E-state index contributed by atoms with van der Waals surface area (Å²) in [6, 6.07) is 8.15. The van der Waals surface area contributed by atoms with Gasteiger partial charge in [0, 0.05) is 25.2 Å². The number of nitrogens with zero attached hydrogens (tertiary/aromatic N) is 1. The van der Waals surface area contributed by atoms with Crippen LogP contribution in [-0.2, 0) is 9.59 Å². The fourth-order valence-electron chi connectivity index (χ4n) is 3.64. The molecule has 3 N–H and O–H groups in total. The van der Waals surface area contributed by atoms with Crippen molar-refractivity contribution in [1.29, 1.82) is 0 Å². The van der Waals surface area contributed by atoms with Crippen LogP contribution in [0.2, 0.25) is 0 Å². The maximum atomic E-state index is 12.5. The topological polar surface area (TPSA) is 75.4 Å². The van der Waals surface area contributed by atoms with Crippen molar-refractivity contribution in [2.45, 2.75) is 57.2 Å². The van der Waals surface area contributed by atoms with E-state index < -0.39 is 0 Å². The van der Waals surface area contributed by atoms with Crippen LogP contribution in [0.5, 0.6) is 0 Å². The molecule has 3 rings (SSSR count). The number of benzene rings is 1. The van der Waals surface area contributed by atoms with Crippen LogP contribution in [0.25, 0.3) is 6.08 Å². The van der Waals surface area contributed by atoms with Gasteiger partial charge >= 0.3 is 0 Å². The van der Waals surface area contributed by atoms with E-state index in [2.05, 4.69) is 5.32 Å². The largest absolute Gasteiger partial charge is 0.353 e. The minimum atomic E-state index is -0.241. The second-order valence-electron chi connectivity index (χ2n) is 6.77. The molecule has 0 spiro atoms. The minimum Gasteiger partial charge on any atom is -0.353 e. The highest BCUT2D eigenvalue weighted by Gasteiger charge is 2.29. The highest BCUT2D eigenvalue weighted by Crippen LogP contribution is 2.32. The van der Waals surface area contributed by atoms with Gasteiger partial charge in [-0.25, -0.2) is 0 Å². The summed E-state index contributed by atoms with van der Waals surface area (Å²) < 4.78 is 0. The Balaban J connectivity index is 1.70. The summed E-state index contributed by atoms with van der Waals surface area (Å²) in [6.45, 7) is 1.53. The van der Waals surface area contributed by atoms with Crippen molar-refractivity contribution in [2.75, 3.05) is 0 Å². The summed E-state index contributed by atoms with van der Waals surface area (Å²) in [6.07, 6.45) is 7.77. The summed E-state index contributed by atoms with van der Waals surface area (Å²) in [5.74, 6) is -0.0565. The van der Waals surface area contributed by atoms with Gasteiger partial charge in [0.1, 0.15) is 0 Å². The van der Waals surface area contributed by atoms with Crippen molar-refractivity contribution in [3.05, 3.63) is 41.6 Å². The van der Waals surface area contributed by atoms with Crippen LogP contribution < -0.4 is 11.1 Å². The molecule has 5 heteroatoms. The van der Waals surface area contributed by atoms with Crippen LogP contribution in [0.15, 0.2) is 30.5 Å². The monoisotopic (exact) mass is 327 g/mol. The van der Waals surface area contributed by atoms with Crippen molar-refractivity contribution in [1.82, 2.24) is 10.2 Å². The molecule has 1 aromatic rings. The Morgan fingerprint density at radius 2 is 1.92 bits per heavy atom. The number of carbonyl (C=O) groups excluding carboxylic acids is 2. The molecule has 1 saturated carbocycles. The number of hydrogen-bond acceptors (Lipinski definition) is 3. The van der Waals surface area contributed by atoms with Gasteiger partial charge in [-0.15, -0.1) is 0 Å². The zero-order chi connectivity index (χ0) is 17.1. The molecule has 0 bridgehead atoms. The first-order valence-electron chi connectivity index (χ1n) is 8.65. The maximum Gasteiger partial charge on any atom is 0.223 e. The van der Waals surface area contributed by atoms with Gasteiger partial charge in [0.2, 0.25) is 11.8 Å². The zero-order valence-corrected chi connectivity index (χ0v) is 14.1. The molecule has 1 unspecified atom stereocenters. The van der Waals surface area contributed by atoms with Crippen molar-refractivity contribution in [2.24, 2.45) is 5.73 Å². The van der Waals surface area contributed by atoms with Gasteiger partial charge in [-0.05, 0) is 42.9 Å². The predicted molar refractivity (Wildman–Crippen MR) is 93.7 cm³/mol. The molecule has 1 aliphatic carbocycles. The Kier molecular flexibility index (Phi) is 5.00. The SMILES string of the molecule is CC(=O)N1C=Cc2ccccc2C1CC(=O)NC1CCC(N)CC1. The molecule has 0 radical (unpaired) electrons. The first-order chi connectivity index (χ1) is 11.5. The van der Waals surface area contributed by atoms with E-state index in [1.165, 1.54) is 6.92 Å². The molecular formula is C19H25N3O2. The number of fused-ring (bicyclic) bond motifs is 1. The smallest absolute Gasteiger partial charge is 0.223 e. The van der Waals surface area contributed by atoms with Crippen LogP contribution in [0, 0.1) is 0 Å². The molecule has 0 aromatic heterocycles.